The van der Waals surface area contributed by atoms with Crippen LogP contribution in [0.4, 0.5) is 0 Å². The lowest BCUT2D eigenvalue weighted by Crippen LogP contribution is -2.15. The molecule has 1 aromatic carbocycles. The highest BCUT2D eigenvalue weighted by Gasteiger charge is 2.15. The molecule has 4 nitrogen and oxygen atoms in total. The maximum atomic E-state index is 5.44. The Kier molecular flexibility index (Phi) is 3.12. The van der Waals surface area contributed by atoms with E-state index in [9.17, 15) is 0 Å². The third kappa shape index (κ3) is 1.87. The van der Waals surface area contributed by atoms with Gasteiger partial charge in [-0.1, -0.05) is 42.1 Å². The summed E-state index contributed by atoms with van der Waals surface area (Å²) in [5.74, 6) is 0. The Labute approximate surface area is 94.2 Å². The molecule has 4 heteroatoms. The van der Waals surface area contributed by atoms with Gasteiger partial charge in [-0.3, -0.25) is 0 Å². The molecule has 1 atom stereocenters. The van der Waals surface area contributed by atoms with Crippen LogP contribution in [0.15, 0.2) is 43.1 Å². The van der Waals surface area contributed by atoms with E-state index in [0.29, 0.717) is 0 Å². The zero-order valence-electron chi connectivity index (χ0n) is 9.08. The van der Waals surface area contributed by atoms with Crippen LogP contribution in [0.1, 0.15) is 17.5 Å². The number of rotatable bonds is 4. The van der Waals surface area contributed by atoms with Gasteiger partial charge in [0.25, 0.3) is 0 Å². The predicted molar refractivity (Wildman–Crippen MR) is 61.7 cm³/mol. The van der Waals surface area contributed by atoms with Gasteiger partial charge < -0.3 is 4.74 Å². The molecule has 0 bridgehead atoms. The first-order chi connectivity index (χ1) is 7.86. The number of hydrogen-bond acceptors (Lipinski definition) is 3. The lowest BCUT2D eigenvalue weighted by Gasteiger charge is -2.16. The third-order valence-electron chi connectivity index (χ3n) is 2.34. The molecule has 0 aliphatic rings. The Bertz CT molecular complexity index is 464. The molecule has 0 radical (unpaired) electrons. The molecule has 0 amide bonds. The van der Waals surface area contributed by atoms with Gasteiger partial charge in [-0.2, -0.15) is 0 Å². The van der Waals surface area contributed by atoms with E-state index < -0.39 is 0 Å². The van der Waals surface area contributed by atoms with Gasteiger partial charge in [-0.15, -0.1) is 5.10 Å². The monoisotopic (exact) mass is 215 g/mol. The lowest BCUT2D eigenvalue weighted by atomic mass is 10.2. The molecule has 82 valence electrons. The van der Waals surface area contributed by atoms with Crippen LogP contribution >= 0.6 is 0 Å². The number of methoxy groups -OCH3 is 1. The Morgan fingerprint density at radius 3 is 2.75 bits per heavy atom. The molecular weight excluding hydrogens is 202 g/mol. The van der Waals surface area contributed by atoms with Crippen molar-refractivity contribution in [2.45, 2.75) is 6.23 Å². The van der Waals surface area contributed by atoms with Crippen LogP contribution in [0, 0.1) is 0 Å². The van der Waals surface area contributed by atoms with Crippen molar-refractivity contribution in [1.82, 2.24) is 15.0 Å². The largest absolute Gasteiger partial charge is 0.355 e. The molecule has 2 rings (SSSR count). The lowest BCUT2D eigenvalue weighted by molar-refractivity contribution is 0.0660. The predicted octanol–water partition coefficient (Wildman–Crippen LogP) is 2.11. The molecule has 1 heterocycles. The summed E-state index contributed by atoms with van der Waals surface area (Å²) in [5, 5.41) is 7.85. The van der Waals surface area contributed by atoms with Gasteiger partial charge in [0, 0.05) is 12.7 Å². The van der Waals surface area contributed by atoms with E-state index in [-0.39, 0.29) is 6.23 Å². The zero-order valence-corrected chi connectivity index (χ0v) is 9.08. The smallest absolute Gasteiger partial charge is 0.178 e. The van der Waals surface area contributed by atoms with Gasteiger partial charge in [0.05, 0.1) is 11.9 Å². The highest BCUT2D eigenvalue weighted by molar-refractivity contribution is 5.40. The average Bonchev–Trinajstić information content (AvgIpc) is 2.80. The fraction of sp³-hybridized carbons (Fsp3) is 0.167. The maximum Gasteiger partial charge on any atom is 0.178 e. The Balaban J connectivity index is 2.40. The van der Waals surface area contributed by atoms with E-state index in [1.165, 1.54) is 0 Å². The van der Waals surface area contributed by atoms with E-state index >= 15 is 0 Å². The first-order valence-electron chi connectivity index (χ1n) is 4.97. The minimum atomic E-state index is -0.267. The summed E-state index contributed by atoms with van der Waals surface area (Å²) < 4.78 is 7.13. The summed E-state index contributed by atoms with van der Waals surface area (Å²) >= 11 is 0. The van der Waals surface area contributed by atoms with Crippen LogP contribution in [0.25, 0.3) is 6.08 Å². The molecule has 0 aliphatic heterocycles. The van der Waals surface area contributed by atoms with Gasteiger partial charge in [0.1, 0.15) is 0 Å². The first-order valence-corrected chi connectivity index (χ1v) is 4.97. The van der Waals surface area contributed by atoms with Crippen LogP contribution in [0.2, 0.25) is 0 Å². The van der Waals surface area contributed by atoms with Gasteiger partial charge >= 0.3 is 0 Å². The van der Waals surface area contributed by atoms with Crippen molar-refractivity contribution in [3.8, 4) is 0 Å². The molecule has 1 aromatic heterocycles. The summed E-state index contributed by atoms with van der Waals surface area (Å²) in [7, 11) is 1.65. The molecular formula is C12H13N3O. The summed E-state index contributed by atoms with van der Waals surface area (Å²) in [6.45, 7) is 3.72. The van der Waals surface area contributed by atoms with Crippen molar-refractivity contribution >= 4 is 6.08 Å². The molecule has 0 N–H and O–H groups in total. The quantitative estimate of drug-likeness (QED) is 0.784. The first kappa shape index (κ1) is 10.6. The second-order valence-electron chi connectivity index (χ2n) is 3.31. The second-order valence-corrected chi connectivity index (χ2v) is 3.31. The van der Waals surface area contributed by atoms with E-state index in [1.807, 2.05) is 30.3 Å². The zero-order chi connectivity index (χ0) is 11.4. The minimum Gasteiger partial charge on any atom is -0.355 e. The summed E-state index contributed by atoms with van der Waals surface area (Å²) in [4.78, 5) is 0. The normalized spacial score (nSPS) is 12.3. The number of aromatic nitrogens is 3. The Morgan fingerprint density at radius 2 is 2.12 bits per heavy atom. The standard InChI is InChI=1S/C12H13N3O/c1-3-11-9-13-14-15(11)12(16-2)10-7-5-4-6-8-10/h3-9,12H,1H2,2H3/t12-/m0/s1. The fourth-order valence-corrected chi connectivity index (χ4v) is 1.57. The second kappa shape index (κ2) is 4.72. The molecule has 16 heavy (non-hydrogen) atoms. The molecule has 0 unspecified atom stereocenters. The van der Waals surface area contributed by atoms with E-state index in [0.717, 1.165) is 11.3 Å². The van der Waals surface area contributed by atoms with Crippen molar-refractivity contribution in [2.24, 2.45) is 0 Å². The van der Waals surface area contributed by atoms with Gasteiger partial charge in [-0.05, 0) is 6.08 Å². The van der Waals surface area contributed by atoms with E-state index in [1.54, 1.807) is 24.1 Å². The molecule has 0 saturated heterocycles. The maximum absolute atomic E-state index is 5.44. The van der Waals surface area contributed by atoms with Gasteiger partial charge in [0.15, 0.2) is 6.23 Å². The van der Waals surface area contributed by atoms with Crippen LogP contribution < -0.4 is 0 Å². The summed E-state index contributed by atoms with van der Waals surface area (Å²) in [6.07, 6.45) is 3.09. The molecule has 0 fully saturated rings. The highest BCUT2D eigenvalue weighted by atomic mass is 16.5. The average molecular weight is 215 g/mol. The number of ether oxygens (including phenoxy) is 1. The van der Waals surface area contributed by atoms with Gasteiger partial charge in [0.2, 0.25) is 0 Å². The molecule has 0 spiro atoms. The molecule has 0 aliphatic carbocycles. The van der Waals surface area contributed by atoms with Crippen molar-refractivity contribution in [3.63, 3.8) is 0 Å². The van der Waals surface area contributed by atoms with Crippen molar-refractivity contribution in [3.05, 3.63) is 54.4 Å². The number of nitrogens with zero attached hydrogens (tertiary/aromatic N) is 3. The summed E-state index contributed by atoms with van der Waals surface area (Å²) in [6, 6.07) is 9.87. The Morgan fingerprint density at radius 1 is 1.38 bits per heavy atom. The highest BCUT2D eigenvalue weighted by Crippen LogP contribution is 2.19. The van der Waals surface area contributed by atoms with Crippen LogP contribution in [-0.2, 0) is 4.74 Å². The fourth-order valence-electron chi connectivity index (χ4n) is 1.57. The minimum absolute atomic E-state index is 0.267. The van der Waals surface area contributed by atoms with Gasteiger partial charge in [-0.25, -0.2) is 4.68 Å². The Hall–Kier alpha value is -1.94. The van der Waals surface area contributed by atoms with E-state index in [2.05, 4.69) is 16.9 Å². The van der Waals surface area contributed by atoms with Crippen LogP contribution in [0.5, 0.6) is 0 Å². The van der Waals surface area contributed by atoms with E-state index in [4.69, 9.17) is 4.74 Å². The van der Waals surface area contributed by atoms with Crippen molar-refractivity contribution in [1.29, 1.82) is 0 Å². The summed E-state index contributed by atoms with van der Waals surface area (Å²) in [5.41, 5.74) is 1.86. The molecule has 2 aromatic rings. The van der Waals surface area contributed by atoms with Crippen molar-refractivity contribution in [2.75, 3.05) is 7.11 Å². The third-order valence-corrected chi connectivity index (χ3v) is 2.34. The topological polar surface area (TPSA) is 39.9 Å². The molecule has 0 saturated carbocycles. The van der Waals surface area contributed by atoms with Crippen molar-refractivity contribution < 1.29 is 4.74 Å². The number of benzene rings is 1. The SMILES string of the molecule is C=Cc1cnnn1[C@@H](OC)c1ccccc1. The van der Waals surface area contributed by atoms with Crippen LogP contribution in [0.3, 0.4) is 0 Å². The van der Waals surface area contributed by atoms with Crippen LogP contribution in [-0.4, -0.2) is 22.1 Å². The number of hydrogen-bond donors (Lipinski definition) is 0.